The molecule has 2 rings (SSSR count). The molecule has 15 heavy (non-hydrogen) atoms. The Morgan fingerprint density at radius 2 is 2.13 bits per heavy atom. The molecule has 3 atom stereocenters. The van der Waals surface area contributed by atoms with Crippen LogP contribution in [-0.4, -0.2) is 12.1 Å². The molecular formula is C12H15ClFN. The molecule has 0 spiro atoms. The second-order valence-corrected chi connectivity index (χ2v) is 4.80. The zero-order valence-corrected chi connectivity index (χ0v) is 9.68. The molecule has 1 aliphatic rings. The number of halogens is 2. The van der Waals surface area contributed by atoms with Gasteiger partial charge in [0.1, 0.15) is 5.82 Å². The van der Waals surface area contributed by atoms with E-state index in [1.807, 2.05) is 0 Å². The van der Waals surface area contributed by atoms with Gasteiger partial charge in [-0.05, 0) is 44.0 Å². The second kappa shape index (κ2) is 4.11. The van der Waals surface area contributed by atoms with Crippen LogP contribution in [0.2, 0.25) is 5.02 Å². The minimum atomic E-state index is -0.146. The average molecular weight is 228 g/mol. The Bertz CT molecular complexity index is 367. The van der Waals surface area contributed by atoms with Crippen molar-refractivity contribution in [1.82, 2.24) is 5.32 Å². The molecule has 1 heterocycles. The van der Waals surface area contributed by atoms with Crippen molar-refractivity contribution in [1.29, 1.82) is 0 Å². The molecule has 0 aliphatic carbocycles. The van der Waals surface area contributed by atoms with Crippen molar-refractivity contribution >= 4 is 11.6 Å². The summed E-state index contributed by atoms with van der Waals surface area (Å²) in [5.41, 5.74) is 0.742. The summed E-state index contributed by atoms with van der Waals surface area (Å²) in [7, 11) is 0. The zero-order valence-electron chi connectivity index (χ0n) is 8.93. The smallest absolute Gasteiger partial charge is 0.126 e. The monoisotopic (exact) mass is 227 g/mol. The van der Waals surface area contributed by atoms with Crippen molar-refractivity contribution in [2.24, 2.45) is 0 Å². The van der Waals surface area contributed by atoms with Gasteiger partial charge in [0.25, 0.3) is 0 Å². The van der Waals surface area contributed by atoms with Crippen molar-refractivity contribution in [3.8, 4) is 0 Å². The topological polar surface area (TPSA) is 12.0 Å². The van der Waals surface area contributed by atoms with Gasteiger partial charge < -0.3 is 5.32 Å². The molecule has 1 aliphatic heterocycles. The fourth-order valence-corrected chi connectivity index (χ4v) is 2.59. The number of rotatable bonds is 1. The summed E-state index contributed by atoms with van der Waals surface area (Å²) in [6.07, 6.45) is 0.971. The van der Waals surface area contributed by atoms with Crippen LogP contribution in [0.3, 0.4) is 0 Å². The predicted molar refractivity (Wildman–Crippen MR) is 60.8 cm³/mol. The lowest BCUT2D eigenvalue weighted by Gasteiger charge is -2.16. The van der Waals surface area contributed by atoms with Crippen LogP contribution >= 0.6 is 11.6 Å². The summed E-state index contributed by atoms with van der Waals surface area (Å²) in [5.74, 6) is 0.0887. The van der Waals surface area contributed by atoms with E-state index in [2.05, 4.69) is 19.2 Å². The highest BCUT2D eigenvalue weighted by Crippen LogP contribution is 2.33. The normalized spacial score (nSPS) is 30.8. The molecule has 1 aromatic rings. The summed E-state index contributed by atoms with van der Waals surface area (Å²) in [6, 6.07) is 5.55. The van der Waals surface area contributed by atoms with Crippen LogP contribution < -0.4 is 5.32 Å². The fraction of sp³-hybridized carbons (Fsp3) is 0.500. The predicted octanol–water partition coefficient (Wildman–Crippen LogP) is 3.33. The highest BCUT2D eigenvalue weighted by molar-refractivity contribution is 6.30. The standard InChI is InChI=1S/C12H15ClFN/c1-7-5-10(8(2)15-7)11-6-9(13)3-4-12(11)14/h3-4,6-8,10,15H,5H2,1-2H3. The first kappa shape index (κ1) is 10.9. The Labute approximate surface area is 94.6 Å². The van der Waals surface area contributed by atoms with E-state index in [4.69, 9.17) is 11.6 Å². The SMILES string of the molecule is CC1CC(c2cc(Cl)ccc2F)C(C)N1. The van der Waals surface area contributed by atoms with Gasteiger partial charge >= 0.3 is 0 Å². The maximum absolute atomic E-state index is 13.6. The summed E-state index contributed by atoms with van der Waals surface area (Å²) < 4.78 is 13.6. The van der Waals surface area contributed by atoms with E-state index in [1.54, 1.807) is 12.1 Å². The van der Waals surface area contributed by atoms with Gasteiger partial charge in [-0.2, -0.15) is 0 Å². The fourth-order valence-electron chi connectivity index (χ4n) is 2.41. The maximum atomic E-state index is 13.6. The van der Waals surface area contributed by atoms with Crippen LogP contribution in [0.25, 0.3) is 0 Å². The van der Waals surface area contributed by atoms with Gasteiger partial charge in [-0.3, -0.25) is 0 Å². The molecule has 0 aromatic heterocycles. The largest absolute Gasteiger partial charge is 0.311 e. The molecule has 1 N–H and O–H groups in total. The molecule has 3 heteroatoms. The summed E-state index contributed by atoms with van der Waals surface area (Å²) in [5, 5.41) is 4.01. The van der Waals surface area contributed by atoms with Gasteiger partial charge in [0, 0.05) is 23.0 Å². The lowest BCUT2D eigenvalue weighted by Crippen LogP contribution is -2.26. The van der Waals surface area contributed by atoms with Crippen LogP contribution in [0.15, 0.2) is 18.2 Å². The van der Waals surface area contributed by atoms with Crippen LogP contribution in [0.1, 0.15) is 31.7 Å². The number of benzene rings is 1. The summed E-state index contributed by atoms with van der Waals surface area (Å²) >= 11 is 5.89. The van der Waals surface area contributed by atoms with E-state index in [-0.39, 0.29) is 11.7 Å². The quantitative estimate of drug-likeness (QED) is 0.776. The van der Waals surface area contributed by atoms with Crippen molar-refractivity contribution in [2.45, 2.75) is 38.3 Å². The second-order valence-electron chi connectivity index (χ2n) is 4.36. The number of hydrogen-bond donors (Lipinski definition) is 1. The van der Waals surface area contributed by atoms with E-state index in [0.29, 0.717) is 17.1 Å². The van der Waals surface area contributed by atoms with E-state index in [1.165, 1.54) is 6.07 Å². The van der Waals surface area contributed by atoms with Crippen molar-refractivity contribution in [3.63, 3.8) is 0 Å². The van der Waals surface area contributed by atoms with Gasteiger partial charge in [0.05, 0.1) is 0 Å². The molecule has 3 unspecified atom stereocenters. The summed E-state index contributed by atoms with van der Waals surface area (Å²) in [4.78, 5) is 0. The van der Waals surface area contributed by atoms with Crippen molar-refractivity contribution in [2.75, 3.05) is 0 Å². The van der Waals surface area contributed by atoms with E-state index < -0.39 is 0 Å². The van der Waals surface area contributed by atoms with Gasteiger partial charge in [-0.15, -0.1) is 0 Å². The van der Waals surface area contributed by atoms with E-state index >= 15 is 0 Å². The Morgan fingerprint density at radius 1 is 1.40 bits per heavy atom. The van der Waals surface area contributed by atoms with Gasteiger partial charge in [-0.1, -0.05) is 11.6 Å². The molecule has 0 bridgehead atoms. The highest BCUT2D eigenvalue weighted by Gasteiger charge is 2.30. The minimum absolute atomic E-state index is 0.146. The molecule has 0 amide bonds. The van der Waals surface area contributed by atoms with Gasteiger partial charge in [-0.25, -0.2) is 4.39 Å². The number of hydrogen-bond acceptors (Lipinski definition) is 1. The van der Waals surface area contributed by atoms with E-state index in [0.717, 1.165) is 12.0 Å². The molecule has 1 aromatic carbocycles. The summed E-state index contributed by atoms with van der Waals surface area (Å²) in [6.45, 7) is 4.22. The van der Waals surface area contributed by atoms with Crippen LogP contribution in [-0.2, 0) is 0 Å². The Kier molecular flexibility index (Phi) is 2.98. The van der Waals surface area contributed by atoms with Gasteiger partial charge in [0.15, 0.2) is 0 Å². The molecule has 1 fully saturated rings. The maximum Gasteiger partial charge on any atom is 0.126 e. The lowest BCUT2D eigenvalue weighted by molar-refractivity contribution is 0.541. The van der Waals surface area contributed by atoms with Crippen molar-refractivity contribution < 1.29 is 4.39 Å². The molecule has 1 saturated heterocycles. The molecule has 0 saturated carbocycles. The number of nitrogens with one attached hydrogen (secondary N) is 1. The highest BCUT2D eigenvalue weighted by atomic mass is 35.5. The average Bonchev–Trinajstić information content (AvgIpc) is 2.50. The molecule has 82 valence electrons. The van der Waals surface area contributed by atoms with Gasteiger partial charge in [0.2, 0.25) is 0 Å². The Hall–Kier alpha value is -0.600. The first-order chi connectivity index (χ1) is 7.08. The molecule has 0 radical (unpaired) electrons. The third-order valence-electron chi connectivity index (χ3n) is 3.12. The third-order valence-corrected chi connectivity index (χ3v) is 3.35. The minimum Gasteiger partial charge on any atom is -0.311 e. The van der Waals surface area contributed by atoms with Crippen LogP contribution in [0.4, 0.5) is 4.39 Å². The van der Waals surface area contributed by atoms with Crippen LogP contribution in [0.5, 0.6) is 0 Å². The van der Waals surface area contributed by atoms with Crippen LogP contribution in [0, 0.1) is 5.82 Å². The third kappa shape index (κ3) is 2.16. The molecule has 1 nitrogen and oxygen atoms in total. The zero-order chi connectivity index (χ0) is 11.0. The first-order valence-corrected chi connectivity index (χ1v) is 5.66. The van der Waals surface area contributed by atoms with E-state index in [9.17, 15) is 4.39 Å². The Morgan fingerprint density at radius 3 is 2.73 bits per heavy atom. The first-order valence-electron chi connectivity index (χ1n) is 5.29. The Balaban J connectivity index is 2.32. The van der Waals surface area contributed by atoms with Crippen molar-refractivity contribution in [3.05, 3.63) is 34.6 Å². The lowest BCUT2D eigenvalue weighted by atomic mass is 9.91. The molecular weight excluding hydrogens is 213 g/mol.